The fraction of sp³-hybridized carbons (Fsp3) is 0.500. The van der Waals surface area contributed by atoms with E-state index in [0.717, 1.165) is 25.5 Å². The van der Waals surface area contributed by atoms with Gasteiger partial charge in [-0.2, -0.15) is 0 Å². The molecule has 0 amide bonds. The average Bonchev–Trinajstić information content (AvgIpc) is 2.82. The smallest absolute Gasteiger partial charge is 0.198 e. The van der Waals surface area contributed by atoms with Gasteiger partial charge in [-0.3, -0.25) is 4.99 Å². The summed E-state index contributed by atoms with van der Waals surface area (Å²) in [5.74, 6) is 0.958. The van der Waals surface area contributed by atoms with E-state index < -0.39 is 0 Å². The molecule has 1 heterocycles. The third-order valence-electron chi connectivity index (χ3n) is 3.03. The second-order valence-corrected chi connectivity index (χ2v) is 4.26. The molecule has 1 N–H and O–H groups in total. The number of anilines is 1. The largest absolute Gasteiger partial charge is 0.383 e. The minimum atomic E-state index is 0.657. The molecule has 98 valence electrons. The van der Waals surface area contributed by atoms with Crippen molar-refractivity contribution in [1.29, 1.82) is 0 Å². The summed E-state index contributed by atoms with van der Waals surface area (Å²) >= 11 is 0. The number of nitrogens with zero attached hydrogens (tertiary/aromatic N) is 2. The van der Waals surface area contributed by atoms with Crippen LogP contribution >= 0.6 is 0 Å². The third-order valence-corrected chi connectivity index (χ3v) is 3.03. The number of fused-ring (bicyclic) bond motifs is 1. The van der Waals surface area contributed by atoms with Gasteiger partial charge in [-0.15, -0.1) is 0 Å². The van der Waals surface area contributed by atoms with Gasteiger partial charge in [0.2, 0.25) is 0 Å². The highest BCUT2D eigenvalue weighted by atomic mass is 16.5. The first-order chi connectivity index (χ1) is 8.86. The minimum absolute atomic E-state index is 0.657. The van der Waals surface area contributed by atoms with Crippen LogP contribution in [0.3, 0.4) is 0 Å². The Morgan fingerprint density at radius 3 is 3.06 bits per heavy atom. The molecule has 0 saturated carbocycles. The van der Waals surface area contributed by atoms with Gasteiger partial charge in [-0.1, -0.05) is 18.2 Å². The quantitative estimate of drug-likeness (QED) is 0.499. The first kappa shape index (κ1) is 12.9. The predicted molar refractivity (Wildman–Crippen MR) is 75.3 cm³/mol. The lowest BCUT2D eigenvalue weighted by Crippen LogP contribution is -2.40. The fourth-order valence-electron chi connectivity index (χ4n) is 2.20. The molecule has 0 aliphatic carbocycles. The number of para-hydroxylation sites is 1. The van der Waals surface area contributed by atoms with Gasteiger partial charge in [0.05, 0.1) is 13.2 Å². The van der Waals surface area contributed by atoms with Crippen molar-refractivity contribution in [3.05, 3.63) is 29.8 Å². The SMILES string of the molecule is CCNC(=NCCOC)N1CCc2ccccc21. The zero-order valence-electron chi connectivity index (χ0n) is 11.1. The first-order valence-corrected chi connectivity index (χ1v) is 6.49. The van der Waals surface area contributed by atoms with Crippen molar-refractivity contribution in [2.45, 2.75) is 13.3 Å². The van der Waals surface area contributed by atoms with E-state index in [4.69, 9.17) is 4.74 Å². The molecule has 4 heteroatoms. The van der Waals surface area contributed by atoms with Gasteiger partial charge in [0.25, 0.3) is 0 Å². The molecular formula is C14H21N3O. The normalized spacial score (nSPS) is 14.8. The maximum Gasteiger partial charge on any atom is 0.198 e. The monoisotopic (exact) mass is 247 g/mol. The first-order valence-electron chi connectivity index (χ1n) is 6.49. The van der Waals surface area contributed by atoms with Crippen molar-refractivity contribution in [3.63, 3.8) is 0 Å². The molecule has 0 saturated heterocycles. The number of methoxy groups -OCH3 is 1. The third kappa shape index (κ3) is 2.82. The molecule has 4 nitrogen and oxygen atoms in total. The number of ether oxygens (including phenoxy) is 1. The van der Waals surface area contributed by atoms with Crippen LogP contribution in [0.4, 0.5) is 5.69 Å². The van der Waals surface area contributed by atoms with E-state index in [1.807, 2.05) is 0 Å². The van der Waals surface area contributed by atoms with E-state index in [1.54, 1.807) is 7.11 Å². The Hall–Kier alpha value is -1.55. The van der Waals surface area contributed by atoms with Crippen LogP contribution in [-0.4, -0.2) is 39.3 Å². The lowest BCUT2D eigenvalue weighted by Gasteiger charge is -2.22. The number of hydrogen-bond donors (Lipinski definition) is 1. The van der Waals surface area contributed by atoms with Gasteiger partial charge in [-0.05, 0) is 25.0 Å². The molecular weight excluding hydrogens is 226 g/mol. The molecule has 1 aromatic rings. The van der Waals surface area contributed by atoms with Gasteiger partial charge in [0.15, 0.2) is 5.96 Å². The molecule has 0 radical (unpaired) electrons. The Labute approximate surface area is 109 Å². The van der Waals surface area contributed by atoms with Crippen molar-refractivity contribution in [1.82, 2.24) is 5.32 Å². The molecule has 1 aliphatic rings. The van der Waals surface area contributed by atoms with Gasteiger partial charge in [-0.25, -0.2) is 0 Å². The Morgan fingerprint density at radius 1 is 1.44 bits per heavy atom. The van der Waals surface area contributed by atoms with E-state index in [9.17, 15) is 0 Å². The highest BCUT2D eigenvalue weighted by Gasteiger charge is 2.21. The summed E-state index contributed by atoms with van der Waals surface area (Å²) in [4.78, 5) is 6.85. The summed E-state index contributed by atoms with van der Waals surface area (Å²) in [7, 11) is 1.70. The van der Waals surface area contributed by atoms with Crippen LogP contribution in [-0.2, 0) is 11.2 Å². The number of benzene rings is 1. The molecule has 1 aromatic carbocycles. The highest BCUT2D eigenvalue weighted by molar-refractivity contribution is 5.97. The van der Waals surface area contributed by atoms with E-state index >= 15 is 0 Å². The lowest BCUT2D eigenvalue weighted by molar-refractivity contribution is 0.208. The van der Waals surface area contributed by atoms with Crippen molar-refractivity contribution >= 4 is 11.6 Å². The Balaban J connectivity index is 2.15. The predicted octanol–water partition coefficient (Wildman–Crippen LogP) is 1.66. The molecule has 0 bridgehead atoms. The average molecular weight is 247 g/mol. The Morgan fingerprint density at radius 2 is 2.28 bits per heavy atom. The molecule has 0 fully saturated rings. The van der Waals surface area contributed by atoms with Gasteiger partial charge >= 0.3 is 0 Å². The number of guanidine groups is 1. The van der Waals surface area contributed by atoms with Crippen LogP contribution in [0, 0.1) is 0 Å². The van der Waals surface area contributed by atoms with Gasteiger partial charge in [0.1, 0.15) is 0 Å². The van der Waals surface area contributed by atoms with Gasteiger partial charge in [0, 0.05) is 25.9 Å². The van der Waals surface area contributed by atoms with E-state index in [0.29, 0.717) is 13.2 Å². The van der Waals surface area contributed by atoms with Crippen LogP contribution in [0.5, 0.6) is 0 Å². The number of hydrogen-bond acceptors (Lipinski definition) is 2. The molecule has 18 heavy (non-hydrogen) atoms. The molecule has 2 rings (SSSR count). The summed E-state index contributed by atoms with van der Waals surface area (Å²) in [6.45, 7) is 5.32. The van der Waals surface area contributed by atoms with Crippen LogP contribution in [0.1, 0.15) is 12.5 Å². The van der Waals surface area contributed by atoms with Crippen molar-refractivity contribution in [2.75, 3.05) is 38.3 Å². The Kier molecular flexibility index (Phi) is 4.59. The van der Waals surface area contributed by atoms with Crippen LogP contribution in [0.15, 0.2) is 29.3 Å². The zero-order valence-corrected chi connectivity index (χ0v) is 11.1. The minimum Gasteiger partial charge on any atom is -0.383 e. The maximum absolute atomic E-state index is 5.05. The van der Waals surface area contributed by atoms with E-state index in [-0.39, 0.29) is 0 Å². The fourth-order valence-corrected chi connectivity index (χ4v) is 2.20. The number of aliphatic imine (C=N–C) groups is 1. The number of nitrogens with one attached hydrogen (secondary N) is 1. The van der Waals surface area contributed by atoms with Crippen molar-refractivity contribution in [3.8, 4) is 0 Å². The molecule has 1 aliphatic heterocycles. The molecule has 0 aromatic heterocycles. The highest BCUT2D eigenvalue weighted by Crippen LogP contribution is 2.27. The summed E-state index contributed by atoms with van der Waals surface area (Å²) in [6.07, 6.45) is 1.09. The summed E-state index contributed by atoms with van der Waals surface area (Å²) < 4.78 is 5.05. The van der Waals surface area contributed by atoms with E-state index in [1.165, 1.54) is 11.3 Å². The topological polar surface area (TPSA) is 36.9 Å². The van der Waals surface area contributed by atoms with Crippen molar-refractivity contribution in [2.24, 2.45) is 4.99 Å². The number of rotatable bonds is 4. The molecule has 0 spiro atoms. The van der Waals surface area contributed by atoms with E-state index in [2.05, 4.69) is 46.4 Å². The van der Waals surface area contributed by atoms with Crippen LogP contribution in [0.2, 0.25) is 0 Å². The summed E-state index contributed by atoms with van der Waals surface area (Å²) in [6, 6.07) is 8.52. The van der Waals surface area contributed by atoms with Crippen molar-refractivity contribution < 1.29 is 4.74 Å². The standard InChI is InChI=1S/C14H21N3O/c1-3-15-14(16-9-11-18-2)17-10-8-12-6-4-5-7-13(12)17/h4-7H,3,8-11H2,1-2H3,(H,15,16). The summed E-state index contributed by atoms with van der Waals surface area (Å²) in [5, 5.41) is 3.34. The summed E-state index contributed by atoms with van der Waals surface area (Å²) in [5.41, 5.74) is 2.67. The van der Waals surface area contributed by atoms with Gasteiger partial charge < -0.3 is 15.0 Å². The van der Waals surface area contributed by atoms with Crippen LogP contribution < -0.4 is 10.2 Å². The Bertz CT molecular complexity index is 417. The molecule has 0 unspecified atom stereocenters. The zero-order chi connectivity index (χ0) is 12.8. The second-order valence-electron chi connectivity index (χ2n) is 4.26. The lowest BCUT2D eigenvalue weighted by atomic mass is 10.2. The second kappa shape index (κ2) is 6.40. The maximum atomic E-state index is 5.05. The molecule has 0 atom stereocenters. The van der Waals surface area contributed by atoms with Crippen LogP contribution in [0.25, 0.3) is 0 Å².